The van der Waals surface area contributed by atoms with Gasteiger partial charge in [-0.05, 0) is 80.6 Å². The molecular formula is C26H22ClNO7S. The molecule has 3 aromatic carbocycles. The van der Waals surface area contributed by atoms with Crippen molar-refractivity contribution >= 4 is 50.2 Å². The van der Waals surface area contributed by atoms with Crippen molar-refractivity contribution in [2.45, 2.75) is 18.7 Å². The maximum atomic E-state index is 13.8. The van der Waals surface area contributed by atoms with Crippen LogP contribution in [0.2, 0.25) is 5.02 Å². The number of benzene rings is 3. The third kappa shape index (κ3) is 4.67. The topological polar surface area (TPSA) is 103 Å². The van der Waals surface area contributed by atoms with Crippen LogP contribution in [0.1, 0.15) is 33.4 Å². The van der Waals surface area contributed by atoms with Gasteiger partial charge in [0.2, 0.25) is 0 Å². The van der Waals surface area contributed by atoms with E-state index in [9.17, 15) is 18.0 Å². The van der Waals surface area contributed by atoms with Crippen molar-refractivity contribution in [3.63, 3.8) is 0 Å². The van der Waals surface area contributed by atoms with Gasteiger partial charge in [-0.2, -0.15) is 4.31 Å². The van der Waals surface area contributed by atoms with Gasteiger partial charge in [-0.25, -0.2) is 13.2 Å². The number of aryl methyl sites for hydroxylation is 1. The number of esters is 1. The fourth-order valence-electron chi connectivity index (χ4n) is 3.72. The van der Waals surface area contributed by atoms with Gasteiger partial charge in [0.15, 0.2) is 0 Å². The summed E-state index contributed by atoms with van der Waals surface area (Å²) in [6.07, 6.45) is 0. The smallest absolute Gasteiger partial charge is 0.342 e. The SMILES string of the molecule is CCOC(=O)c1c(C)oc2ccc(N(C(=O)c3ccc(Cl)cc3)S(=O)(=O)c3ccc(OC)cc3)cc12. The Kier molecular flexibility index (Phi) is 7.05. The third-order valence-corrected chi connectivity index (χ3v) is 7.41. The fraction of sp³-hybridized carbons (Fsp3) is 0.154. The lowest BCUT2D eigenvalue weighted by molar-refractivity contribution is 0.0526. The van der Waals surface area contributed by atoms with Crippen LogP contribution in [0, 0.1) is 6.92 Å². The predicted octanol–water partition coefficient (Wildman–Crippen LogP) is 5.62. The lowest BCUT2D eigenvalue weighted by Crippen LogP contribution is -2.37. The Hall–Kier alpha value is -3.82. The normalized spacial score (nSPS) is 11.3. The zero-order chi connectivity index (χ0) is 26.0. The van der Waals surface area contributed by atoms with Crippen LogP contribution in [0.15, 0.2) is 76.0 Å². The fourth-order valence-corrected chi connectivity index (χ4v) is 5.25. The first-order chi connectivity index (χ1) is 17.2. The maximum Gasteiger partial charge on any atom is 0.342 e. The summed E-state index contributed by atoms with van der Waals surface area (Å²) in [6.45, 7) is 3.43. The molecule has 1 heterocycles. The number of furan rings is 1. The number of anilines is 1. The number of amides is 1. The van der Waals surface area contributed by atoms with Crippen LogP contribution in [0.25, 0.3) is 11.0 Å². The van der Waals surface area contributed by atoms with Crippen molar-refractivity contribution in [3.8, 4) is 5.75 Å². The van der Waals surface area contributed by atoms with E-state index < -0.39 is 21.9 Å². The standard InChI is InChI=1S/C26H22ClNO7S/c1-4-34-26(30)24-16(2)35-23-14-9-19(15-22(23)24)28(25(29)17-5-7-18(27)8-6-17)36(31,32)21-12-10-20(33-3)11-13-21/h5-15H,4H2,1-3H3. The van der Waals surface area contributed by atoms with E-state index in [1.807, 2.05) is 0 Å². The van der Waals surface area contributed by atoms with Gasteiger partial charge >= 0.3 is 5.97 Å². The molecule has 0 bridgehead atoms. The molecule has 0 radical (unpaired) electrons. The molecular weight excluding hydrogens is 506 g/mol. The molecule has 36 heavy (non-hydrogen) atoms. The van der Waals surface area contributed by atoms with Crippen LogP contribution < -0.4 is 9.04 Å². The zero-order valence-corrected chi connectivity index (χ0v) is 21.2. The van der Waals surface area contributed by atoms with Gasteiger partial charge in [-0.15, -0.1) is 0 Å². The number of rotatable bonds is 7. The summed E-state index contributed by atoms with van der Waals surface area (Å²) in [4.78, 5) is 26.1. The summed E-state index contributed by atoms with van der Waals surface area (Å²) in [6, 6.07) is 15.9. The molecule has 0 saturated heterocycles. The van der Waals surface area contributed by atoms with E-state index in [0.29, 0.717) is 31.8 Å². The van der Waals surface area contributed by atoms with Gasteiger partial charge in [-0.1, -0.05) is 11.6 Å². The van der Waals surface area contributed by atoms with Crippen LogP contribution in [-0.4, -0.2) is 34.0 Å². The molecule has 0 fully saturated rings. The molecule has 4 aromatic rings. The quantitative estimate of drug-likeness (QED) is 0.287. The number of carbonyl (C=O) groups excluding carboxylic acids is 2. The largest absolute Gasteiger partial charge is 0.497 e. The van der Waals surface area contributed by atoms with E-state index in [1.54, 1.807) is 13.8 Å². The lowest BCUT2D eigenvalue weighted by atomic mass is 10.1. The summed E-state index contributed by atoms with van der Waals surface area (Å²) >= 11 is 5.96. The van der Waals surface area contributed by atoms with Gasteiger partial charge < -0.3 is 13.9 Å². The Labute approximate surface area is 213 Å². The lowest BCUT2D eigenvalue weighted by Gasteiger charge is -2.23. The molecule has 0 aliphatic rings. The van der Waals surface area contributed by atoms with Gasteiger partial charge in [0, 0.05) is 16.0 Å². The minimum Gasteiger partial charge on any atom is -0.497 e. The Balaban J connectivity index is 1.92. The highest BCUT2D eigenvalue weighted by Gasteiger charge is 2.33. The number of fused-ring (bicyclic) bond motifs is 1. The second-order valence-corrected chi connectivity index (χ2v) is 9.91. The molecule has 0 N–H and O–H groups in total. The minimum atomic E-state index is -4.39. The first kappa shape index (κ1) is 25.3. The van der Waals surface area contributed by atoms with Gasteiger partial charge in [-0.3, -0.25) is 4.79 Å². The van der Waals surface area contributed by atoms with Gasteiger partial charge in [0.1, 0.15) is 22.7 Å². The van der Waals surface area contributed by atoms with Crippen molar-refractivity contribution in [2.24, 2.45) is 0 Å². The van der Waals surface area contributed by atoms with E-state index in [4.69, 9.17) is 25.5 Å². The monoisotopic (exact) mass is 527 g/mol. The Morgan fingerprint density at radius 1 is 1.00 bits per heavy atom. The number of carbonyl (C=O) groups is 2. The molecule has 0 aliphatic heterocycles. The van der Waals surface area contributed by atoms with Crippen LogP contribution in [0.3, 0.4) is 0 Å². The second-order valence-electron chi connectivity index (χ2n) is 7.69. The van der Waals surface area contributed by atoms with E-state index in [2.05, 4.69) is 0 Å². The van der Waals surface area contributed by atoms with Crippen molar-refractivity contribution in [3.05, 3.63) is 88.6 Å². The summed E-state index contributed by atoms with van der Waals surface area (Å²) in [5.41, 5.74) is 0.629. The molecule has 10 heteroatoms. The number of hydrogen-bond donors (Lipinski definition) is 0. The molecule has 0 saturated carbocycles. The summed E-state index contributed by atoms with van der Waals surface area (Å²) in [5, 5.41) is 0.716. The third-order valence-electron chi connectivity index (χ3n) is 5.43. The Morgan fingerprint density at radius 2 is 1.67 bits per heavy atom. The van der Waals surface area contributed by atoms with Crippen LogP contribution in [-0.2, 0) is 14.8 Å². The van der Waals surface area contributed by atoms with Gasteiger partial charge in [0.25, 0.3) is 15.9 Å². The summed E-state index contributed by atoms with van der Waals surface area (Å²) in [7, 11) is -2.93. The molecule has 0 spiro atoms. The first-order valence-electron chi connectivity index (χ1n) is 10.9. The molecule has 4 rings (SSSR count). The van der Waals surface area contributed by atoms with Crippen molar-refractivity contribution in [1.29, 1.82) is 0 Å². The van der Waals surface area contributed by atoms with E-state index >= 15 is 0 Å². The molecule has 1 amide bonds. The van der Waals surface area contributed by atoms with Crippen LogP contribution >= 0.6 is 11.6 Å². The average molecular weight is 528 g/mol. The number of sulfonamides is 1. The summed E-state index contributed by atoms with van der Waals surface area (Å²) in [5.74, 6) is -0.646. The molecule has 0 unspecified atom stereocenters. The van der Waals surface area contributed by atoms with E-state index in [0.717, 1.165) is 0 Å². The van der Waals surface area contributed by atoms with E-state index in [1.165, 1.54) is 73.8 Å². The average Bonchev–Trinajstić information content (AvgIpc) is 3.19. The zero-order valence-electron chi connectivity index (χ0n) is 19.6. The number of ether oxygens (including phenoxy) is 2. The second kappa shape index (κ2) is 10.0. The predicted molar refractivity (Wildman–Crippen MR) is 135 cm³/mol. The molecule has 8 nitrogen and oxygen atoms in total. The van der Waals surface area contributed by atoms with Crippen molar-refractivity contribution < 1.29 is 31.9 Å². The summed E-state index contributed by atoms with van der Waals surface area (Å²) < 4.78 is 44.2. The number of hydrogen-bond acceptors (Lipinski definition) is 7. The number of methoxy groups -OCH3 is 1. The molecule has 0 aliphatic carbocycles. The highest BCUT2D eigenvalue weighted by molar-refractivity contribution is 7.93. The van der Waals surface area contributed by atoms with E-state index in [-0.39, 0.29) is 28.3 Å². The maximum absolute atomic E-state index is 13.8. The number of nitrogens with zero attached hydrogens (tertiary/aromatic N) is 1. The van der Waals surface area contributed by atoms with Crippen LogP contribution in [0.4, 0.5) is 5.69 Å². The molecule has 186 valence electrons. The highest BCUT2D eigenvalue weighted by Crippen LogP contribution is 2.34. The first-order valence-corrected chi connectivity index (χ1v) is 12.7. The van der Waals surface area contributed by atoms with Gasteiger partial charge in [0.05, 0.1) is 24.3 Å². The molecule has 0 atom stereocenters. The Bertz CT molecular complexity index is 1540. The van der Waals surface area contributed by atoms with Crippen molar-refractivity contribution in [2.75, 3.05) is 18.0 Å². The van der Waals surface area contributed by atoms with Crippen molar-refractivity contribution in [1.82, 2.24) is 0 Å². The number of halogens is 1. The minimum absolute atomic E-state index is 0.0182. The van der Waals surface area contributed by atoms with Crippen LogP contribution in [0.5, 0.6) is 5.75 Å². The highest BCUT2D eigenvalue weighted by atomic mass is 35.5. The Morgan fingerprint density at radius 3 is 2.28 bits per heavy atom. The molecule has 1 aromatic heterocycles.